The van der Waals surface area contributed by atoms with E-state index in [-0.39, 0.29) is 28.8 Å². The Bertz CT molecular complexity index is 1130. The number of carbonyl (C=O) groups is 1. The molecule has 2 aromatic rings. The van der Waals surface area contributed by atoms with E-state index < -0.39 is 32.6 Å². The number of halogens is 3. The van der Waals surface area contributed by atoms with Crippen LogP contribution in [0.2, 0.25) is 0 Å². The standard InChI is InChI=1S/C21H23F3N2O6S/c1-31-15-7-9-26(10-8-15)17-5-4-14(21(22,23)24)12-16(17)25-33(29,30)19-11-13(20(27)28)3-6-18(19)32-2/h3-6,11-12,15,25H,7-10H2,1-2H3,(H,27,28). The lowest BCUT2D eigenvalue weighted by molar-refractivity contribution is -0.137. The van der Waals surface area contributed by atoms with Gasteiger partial charge >= 0.3 is 12.1 Å². The predicted octanol–water partition coefficient (Wildman–Crippen LogP) is 3.83. The first-order valence-electron chi connectivity index (χ1n) is 9.89. The van der Waals surface area contributed by atoms with Gasteiger partial charge in [0.1, 0.15) is 10.6 Å². The quantitative estimate of drug-likeness (QED) is 0.610. The van der Waals surface area contributed by atoms with Crippen LogP contribution in [0.3, 0.4) is 0 Å². The Morgan fingerprint density at radius 2 is 1.79 bits per heavy atom. The maximum absolute atomic E-state index is 13.4. The molecule has 2 N–H and O–H groups in total. The van der Waals surface area contributed by atoms with Crippen molar-refractivity contribution in [2.75, 3.05) is 36.9 Å². The second-order valence-corrected chi connectivity index (χ2v) is 9.08. The number of rotatable bonds is 7. The highest BCUT2D eigenvalue weighted by atomic mass is 32.2. The normalized spacial score (nSPS) is 15.4. The molecule has 0 saturated carbocycles. The molecule has 0 amide bonds. The third-order valence-corrected chi connectivity index (χ3v) is 6.77. The summed E-state index contributed by atoms with van der Waals surface area (Å²) in [6.07, 6.45) is -3.43. The summed E-state index contributed by atoms with van der Waals surface area (Å²) in [6, 6.07) is 6.06. The molecule has 0 unspecified atom stereocenters. The minimum Gasteiger partial charge on any atom is -0.495 e. The Hall–Kier alpha value is -2.99. The molecule has 180 valence electrons. The number of piperidine rings is 1. The molecule has 8 nitrogen and oxygen atoms in total. The van der Waals surface area contributed by atoms with Crippen molar-refractivity contribution < 1.29 is 41.0 Å². The minimum absolute atomic E-state index is 0.0128. The topological polar surface area (TPSA) is 105 Å². The Kier molecular flexibility index (Phi) is 7.08. The number of hydrogen-bond donors (Lipinski definition) is 2. The van der Waals surface area contributed by atoms with Gasteiger partial charge in [-0.05, 0) is 49.2 Å². The molecular weight excluding hydrogens is 465 g/mol. The highest BCUT2D eigenvalue weighted by molar-refractivity contribution is 7.92. The summed E-state index contributed by atoms with van der Waals surface area (Å²) >= 11 is 0. The van der Waals surface area contributed by atoms with Gasteiger partial charge in [-0.1, -0.05) is 0 Å². The van der Waals surface area contributed by atoms with Crippen molar-refractivity contribution in [3.05, 3.63) is 47.5 Å². The molecule has 0 aromatic heterocycles. The smallest absolute Gasteiger partial charge is 0.416 e. The van der Waals surface area contributed by atoms with Gasteiger partial charge in [-0.15, -0.1) is 0 Å². The lowest BCUT2D eigenvalue weighted by Gasteiger charge is -2.34. The van der Waals surface area contributed by atoms with Crippen LogP contribution in [-0.4, -0.2) is 52.9 Å². The summed E-state index contributed by atoms with van der Waals surface area (Å²) in [6.45, 7) is 0.910. The van der Waals surface area contributed by atoms with Gasteiger partial charge in [-0.2, -0.15) is 13.2 Å². The molecule has 0 bridgehead atoms. The second-order valence-electron chi connectivity index (χ2n) is 7.43. The average molecular weight is 488 g/mol. The van der Waals surface area contributed by atoms with E-state index in [9.17, 15) is 31.5 Å². The molecule has 12 heteroatoms. The summed E-state index contributed by atoms with van der Waals surface area (Å²) in [7, 11) is -1.73. The zero-order chi connectivity index (χ0) is 24.4. The maximum atomic E-state index is 13.4. The van der Waals surface area contributed by atoms with Crippen molar-refractivity contribution in [2.24, 2.45) is 0 Å². The molecule has 0 spiro atoms. The third kappa shape index (κ3) is 5.50. The largest absolute Gasteiger partial charge is 0.495 e. The summed E-state index contributed by atoms with van der Waals surface area (Å²) in [5.41, 5.74) is -1.35. The van der Waals surface area contributed by atoms with Crippen LogP contribution in [0.1, 0.15) is 28.8 Å². The number of anilines is 2. The molecule has 3 rings (SSSR count). The number of sulfonamides is 1. The fourth-order valence-corrected chi connectivity index (χ4v) is 4.88. The fourth-order valence-electron chi connectivity index (χ4n) is 3.62. The van der Waals surface area contributed by atoms with Crippen LogP contribution in [0.25, 0.3) is 0 Å². The van der Waals surface area contributed by atoms with Crippen molar-refractivity contribution in [3.8, 4) is 5.75 Å². The van der Waals surface area contributed by atoms with E-state index in [0.29, 0.717) is 25.9 Å². The zero-order valence-corrected chi connectivity index (χ0v) is 18.7. The summed E-state index contributed by atoms with van der Waals surface area (Å²) < 4.78 is 78.9. The van der Waals surface area contributed by atoms with Gasteiger partial charge < -0.3 is 19.5 Å². The molecule has 33 heavy (non-hydrogen) atoms. The molecule has 1 saturated heterocycles. The first-order chi connectivity index (χ1) is 15.5. The molecule has 2 aromatic carbocycles. The highest BCUT2D eigenvalue weighted by Gasteiger charge is 2.33. The number of alkyl halides is 3. The number of carboxylic acid groups (broad SMARTS) is 1. The monoisotopic (exact) mass is 488 g/mol. The second kappa shape index (κ2) is 9.48. The molecule has 1 aliphatic rings. The van der Waals surface area contributed by atoms with Crippen LogP contribution < -0.4 is 14.4 Å². The number of ether oxygens (including phenoxy) is 2. The first kappa shape index (κ1) is 24.6. The number of benzene rings is 2. The van der Waals surface area contributed by atoms with E-state index in [4.69, 9.17) is 9.47 Å². The van der Waals surface area contributed by atoms with Crippen molar-refractivity contribution in [2.45, 2.75) is 30.0 Å². The van der Waals surface area contributed by atoms with E-state index >= 15 is 0 Å². The Morgan fingerprint density at radius 1 is 1.12 bits per heavy atom. The van der Waals surface area contributed by atoms with E-state index in [2.05, 4.69) is 4.72 Å². The van der Waals surface area contributed by atoms with E-state index in [0.717, 1.165) is 24.3 Å². The average Bonchev–Trinajstić information content (AvgIpc) is 2.77. The van der Waals surface area contributed by atoms with Crippen LogP contribution in [-0.2, 0) is 20.9 Å². The number of nitrogens with one attached hydrogen (secondary N) is 1. The van der Waals surface area contributed by atoms with Crippen molar-refractivity contribution in [1.82, 2.24) is 0 Å². The van der Waals surface area contributed by atoms with Crippen LogP contribution in [0.4, 0.5) is 24.5 Å². The molecule has 0 radical (unpaired) electrons. The van der Waals surface area contributed by atoms with Crippen molar-refractivity contribution in [1.29, 1.82) is 0 Å². The summed E-state index contributed by atoms with van der Waals surface area (Å²) in [4.78, 5) is 12.6. The molecule has 0 atom stereocenters. The Morgan fingerprint density at radius 3 is 2.33 bits per heavy atom. The number of nitrogens with zero attached hydrogens (tertiary/aromatic N) is 1. The minimum atomic E-state index is -4.69. The fraction of sp³-hybridized carbons (Fsp3) is 0.381. The van der Waals surface area contributed by atoms with E-state index in [1.54, 1.807) is 12.0 Å². The van der Waals surface area contributed by atoms with Crippen molar-refractivity contribution in [3.63, 3.8) is 0 Å². The summed E-state index contributed by atoms with van der Waals surface area (Å²) in [5.74, 6) is -1.52. The van der Waals surface area contributed by atoms with Crippen LogP contribution in [0, 0.1) is 0 Å². The van der Waals surface area contributed by atoms with Crippen LogP contribution in [0.5, 0.6) is 5.75 Å². The van der Waals surface area contributed by atoms with Gasteiger partial charge in [0, 0.05) is 20.2 Å². The first-order valence-corrected chi connectivity index (χ1v) is 11.4. The van der Waals surface area contributed by atoms with Gasteiger partial charge in [0.25, 0.3) is 10.0 Å². The van der Waals surface area contributed by atoms with Crippen LogP contribution in [0.15, 0.2) is 41.3 Å². The number of methoxy groups -OCH3 is 2. The van der Waals surface area contributed by atoms with Gasteiger partial charge in [-0.25, -0.2) is 13.2 Å². The van der Waals surface area contributed by atoms with Gasteiger partial charge in [0.05, 0.1) is 35.7 Å². The van der Waals surface area contributed by atoms with Crippen molar-refractivity contribution >= 4 is 27.4 Å². The number of carboxylic acids is 1. The molecular formula is C21H23F3N2O6S. The molecule has 1 heterocycles. The number of aromatic carboxylic acids is 1. The van der Waals surface area contributed by atoms with Crippen LogP contribution >= 0.6 is 0 Å². The van der Waals surface area contributed by atoms with E-state index in [1.807, 2.05) is 0 Å². The Labute approximate surface area is 189 Å². The van der Waals surface area contributed by atoms with Gasteiger partial charge in [-0.3, -0.25) is 4.72 Å². The molecule has 1 aliphatic heterocycles. The van der Waals surface area contributed by atoms with E-state index in [1.165, 1.54) is 19.2 Å². The molecule has 0 aliphatic carbocycles. The highest BCUT2D eigenvalue weighted by Crippen LogP contribution is 2.38. The molecule has 1 fully saturated rings. The SMILES string of the molecule is COc1ccc(C(=O)O)cc1S(=O)(=O)Nc1cc(C(F)(F)F)ccc1N1CCC(OC)CC1. The van der Waals surface area contributed by atoms with Gasteiger partial charge in [0.2, 0.25) is 0 Å². The third-order valence-electron chi connectivity index (χ3n) is 5.38. The zero-order valence-electron chi connectivity index (χ0n) is 17.8. The lowest BCUT2D eigenvalue weighted by atomic mass is 10.1. The predicted molar refractivity (Wildman–Crippen MR) is 114 cm³/mol. The van der Waals surface area contributed by atoms with Gasteiger partial charge in [0.15, 0.2) is 0 Å². The summed E-state index contributed by atoms with van der Waals surface area (Å²) in [5, 5.41) is 9.21. The number of hydrogen-bond acceptors (Lipinski definition) is 6. The Balaban J connectivity index is 2.05. The maximum Gasteiger partial charge on any atom is 0.416 e. The lowest BCUT2D eigenvalue weighted by Crippen LogP contribution is -2.37.